The van der Waals surface area contributed by atoms with Crippen molar-refractivity contribution < 1.29 is 14.7 Å². The summed E-state index contributed by atoms with van der Waals surface area (Å²) in [6.45, 7) is 3.66. The molecule has 0 saturated heterocycles. The minimum absolute atomic E-state index is 0.206. The van der Waals surface area contributed by atoms with Crippen LogP contribution in [0.15, 0.2) is 40.2 Å². The summed E-state index contributed by atoms with van der Waals surface area (Å²) in [4.78, 5) is 39.6. The number of thiazole rings is 1. The Morgan fingerprint density at radius 2 is 1.87 bits per heavy atom. The molecule has 0 aliphatic carbocycles. The molecule has 2 heterocycles. The lowest BCUT2D eigenvalue weighted by Crippen LogP contribution is -2.47. The molecule has 120 valence electrons. The van der Waals surface area contributed by atoms with Crippen molar-refractivity contribution >= 4 is 34.9 Å². The molecule has 2 N–H and O–H groups in total. The zero-order valence-electron chi connectivity index (χ0n) is 12.5. The maximum Gasteiger partial charge on any atom is 0.317 e. The van der Waals surface area contributed by atoms with Crippen LogP contribution < -0.4 is 4.87 Å². The molecule has 1 aromatic carbocycles. The lowest BCUT2D eigenvalue weighted by atomic mass is 9.71. The highest BCUT2D eigenvalue weighted by Gasteiger charge is 2.51. The molecule has 0 radical (unpaired) electrons. The summed E-state index contributed by atoms with van der Waals surface area (Å²) in [5.74, 6) is -2.00. The normalized spacial score (nSPS) is 22.3. The Labute approximate surface area is 140 Å². The van der Waals surface area contributed by atoms with E-state index in [1.165, 1.54) is 0 Å². The summed E-state index contributed by atoms with van der Waals surface area (Å²) >= 11 is 2.10. The van der Waals surface area contributed by atoms with E-state index < -0.39 is 22.6 Å². The van der Waals surface area contributed by atoms with Gasteiger partial charge in [0.05, 0.1) is 10.9 Å². The number of fused-ring (bicyclic) bond motifs is 1. The van der Waals surface area contributed by atoms with E-state index in [2.05, 4.69) is 4.98 Å². The second-order valence-corrected chi connectivity index (χ2v) is 8.11. The van der Waals surface area contributed by atoms with Crippen molar-refractivity contribution in [3.05, 3.63) is 50.4 Å². The second kappa shape index (κ2) is 5.65. The van der Waals surface area contributed by atoms with Gasteiger partial charge in [-0.3, -0.25) is 14.4 Å². The third kappa shape index (κ3) is 2.64. The van der Waals surface area contributed by atoms with E-state index in [1.54, 1.807) is 24.3 Å². The molecule has 3 rings (SSSR count). The van der Waals surface area contributed by atoms with Gasteiger partial charge < -0.3 is 10.1 Å². The van der Waals surface area contributed by atoms with Crippen molar-refractivity contribution in [3.8, 4) is 0 Å². The molecular weight excluding hydrogens is 334 g/mol. The van der Waals surface area contributed by atoms with Crippen LogP contribution in [0.2, 0.25) is 0 Å². The van der Waals surface area contributed by atoms with Gasteiger partial charge in [-0.15, -0.1) is 0 Å². The number of Topliss-reactive ketones (excluding diaryl/α,β-unsaturated/α-hetero) is 1. The first-order chi connectivity index (χ1) is 10.8. The molecule has 0 bridgehead atoms. The number of ketones is 1. The Morgan fingerprint density at radius 3 is 2.48 bits per heavy atom. The number of thioether (sulfide) groups is 1. The minimum atomic E-state index is -1.05. The highest BCUT2D eigenvalue weighted by Crippen LogP contribution is 2.50. The van der Waals surface area contributed by atoms with Crippen LogP contribution in [0, 0.1) is 5.92 Å². The van der Waals surface area contributed by atoms with Crippen molar-refractivity contribution in [1.82, 2.24) is 4.98 Å². The number of H-pyrrole nitrogens is 1. The van der Waals surface area contributed by atoms with Crippen molar-refractivity contribution in [1.29, 1.82) is 0 Å². The Bertz CT molecular complexity index is 822. The van der Waals surface area contributed by atoms with E-state index in [9.17, 15) is 19.5 Å². The maximum atomic E-state index is 13.0. The number of aliphatic carboxylic acids is 1. The fourth-order valence-electron chi connectivity index (χ4n) is 2.98. The van der Waals surface area contributed by atoms with Gasteiger partial charge in [0, 0.05) is 15.9 Å². The molecule has 1 aromatic heterocycles. The fourth-order valence-corrected chi connectivity index (χ4v) is 5.66. The van der Waals surface area contributed by atoms with Gasteiger partial charge in [-0.2, -0.15) is 0 Å². The number of rotatable bonds is 3. The predicted octanol–water partition coefficient (Wildman–Crippen LogP) is 2.77. The van der Waals surface area contributed by atoms with Crippen LogP contribution in [0.5, 0.6) is 0 Å². The first kappa shape index (κ1) is 16.0. The van der Waals surface area contributed by atoms with Gasteiger partial charge in [-0.05, 0) is 0 Å². The first-order valence-electron chi connectivity index (χ1n) is 7.04. The number of aromatic amines is 1. The molecular formula is C16H15NO4S2. The van der Waals surface area contributed by atoms with E-state index in [-0.39, 0.29) is 10.7 Å². The molecule has 0 amide bonds. The molecule has 0 unspecified atom stereocenters. The molecule has 1 aliphatic rings. The zero-order valence-corrected chi connectivity index (χ0v) is 14.2. The van der Waals surface area contributed by atoms with Crippen molar-refractivity contribution in [2.45, 2.75) is 29.5 Å². The Hall–Kier alpha value is -1.86. The van der Waals surface area contributed by atoms with Crippen molar-refractivity contribution in [2.24, 2.45) is 5.92 Å². The quantitative estimate of drug-likeness (QED) is 0.832. The number of carbonyl (C=O) groups excluding carboxylic acids is 1. The lowest BCUT2D eigenvalue weighted by molar-refractivity contribution is -0.137. The highest BCUT2D eigenvalue weighted by atomic mass is 32.2. The number of carboxylic acid groups (broad SMARTS) is 1. The number of hydrogen-bond donors (Lipinski definition) is 2. The Kier molecular flexibility index (Phi) is 3.93. The molecule has 2 atom stereocenters. The SMILES string of the molecule is CC1(C)c2sc(=O)[nH]c2S[C@H](C(=O)O)[C@@H]1C(=O)c1ccccc1. The molecule has 7 heteroatoms. The van der Waals surface area contributed by atoms with Crippen molar-refractivity contribution in [3.63, 3.8) is 0 Å². The third-order valence-electron chi connectivity index (χ3n) is 4.11. The van der Waals surface area contributed by atoms with E-state index in [4.69, 9.17) is 0 Å². The van der Waals surface area contributed by atoms with Gasteiger partial charge in [-0.25, -0.2) is 0 Å². The summed E-state index contributed by atoms with van der Waals surface area (Å²) in [5, 5.41) is 9.24. The summed E-state index contributed by atoms with van der Waals surface area (Å²) in [5.41, 5.74) is -0.246. The molecule has 0 spiro atoms. The number of nitrogens with one attached hydrogen (secondary N) is 1. The van der Waals surface area contributed by atoms with Gasteiger partial charge in [0.15, 0.2) is 5.78 Å². The van der Waals surface area contributed by atoms with Crippen LogP contribution in [0.3, 0.4) is 0 Å². The van der Waals surface area contributed by atoms with Crippen LogP contribution in [0.1, 0.15) is 29.1 Å². The molecule has 1 aliphatic heterocycles. The van der Waals surface area contributed by atoms with Gasteiger partial charge >= 0.3 is 10.8 Å². The summed E-state index contributed by atoms with van der Waals surface area (Å²) in [6, 6.07) is 8.70. The summed E-state index contributed by atoms with van der Waals surface area (Å²) < 4.78 is 0. The number of carboxylic acids is 1. The van der Waals surface area contributed by atoms with Gasteiger partial charge in [0.25, 0.3) is 0 Å². The first-order valence-corrected chi connectivity index (χ1v) is 8.74. The van der Waals surface area contributed by atoms with Crippen LogP contribution in [-0.4, -0.2) is 27.1 Å². The molecule has 0 fully saturated rings. The molecule has 5 nitrogen and oxygen atoms in total. The van der Waals surface area contributed by atoms with Crippen LogP contribution in [0.25, 0.3) is 0 Å². The predicted molar refractivity (Wildman–Crippen MR) is 89.5 cm³/mol. The molecule has 2 aromatic rings. The van der Waals surface area contributed by atoms with Gasteiger partial charge in [-0.1, -0.05) is 67.3 Å². The topological polar surface area (TPSA) is 87.2 Å². The average molecular weight is 349 g/mol. The molecule has 0 saturated carbocycles. The van der Waals surface area contributed by atoms with Crippen molar-refractivity contribution in [2.75, 3.05) is 0 Å². The Balaban J connectivity index is 2.14. The standard InChI is InChI=1S/C16H15NO4S2/c1-16(2)9(10(18)8-6-4-3-5-7-8)11(14(19)20)22-13-12(16)23-15(21)17-13/h3-7,9,11H,1-2H3,(H,17,21)(H,19,20)/t9-,11-/m0/s1. The minimum Gasteiger partial charge on any atom is -0.480 e. The largest absolute Gasteiger partial charge is 0.480 e. The van der Waals surface area contributed by atoms with E-state index >= 15 is 0 Å². The van der Waals surface area contributed by atoms with Gasteiger partial charge in [0.2, 0.25) is 0 Å². The average Bonchev–Trinajstić information content (AvgIpc) is 2.88. The number of aromatic nitrogens is 1. The summed E-state index contributed by atoms with van der Waals surface area (Å²) in [7, 11) is 0. The van der Waals surface area contributed by atoms with E-state index in [1.807, 2.05) is 19.9 Å². The smallest absolute Gasteiger partial charge is 0.317 e. The highest BCUT2D eigenvalue weighted by molar-refractivity contribution is 8.00. The third-order valence-corrected chi connectivity index (χ3v) is 6.73. The number of hydrogen-bond acceptors (Lipinski definition) is 5. The lowest BCUT2D eigenvalue weighted by Gasteiger charge is -2.40. The van der Waals surface area contributed by atoms with Crippen LogP contribution >= 0.6 is 23.1 Å². The van der Waals surface area contributed by atoms with E-state index in [0.29, 0.717) is 10.6 Å². The maximum absolute atomic E-state index is 13.0. The number of benzene rings is 1. The van der Waals surface area contributed by atoms with E-state index in [0.717, 1.165) is 28.0 Å². The summed E-state index contributed by atoms with van der Waals surface area (Å²) in [6.07, 6.45) is 0. The van der Waals surface area contributed by atoms with Gasteiger partial charge in [0.1, 0.15) is 5.25 Å². The second-order valence-electron chi connectivity index (χ2n) is 5.98. The monoisotopic (exact) mass is 349 g/mol. The molecule has 23 heavy (non-hydrogen) atoms. The fraction of sp³-hybridized carbons (Fsp3) is 0.312. The number of carbonyl (C=O) groups is 2. The van der Waals surface area contributed by atoms with Crippen LogP contribution in [-0.2, 0) is 10.2 Å². The van der Waals surface area contributed by atoms with Crippen LogP contribution in [0.4, 0.5) is 0 Å². The zero-order chi connectivity index (χ0) is 16.8. The Morgan fingerprint density at radius 1 is 1.22 bits per heavy atom.